The van der Waals surface area contributed by atoms with Gasteiger partial charge in [0.2, 0.25) is 0 Å². The molecule has 0 aliphatic rings. The lowest BCUT2D eigenvalue weighted by Crippen LogP contribution is -2.24. The molecule has 0 bridgehead atoms. The second-order valence-electron chi connectivity index (χ2n) is 2.45. The molecule has 0 rings (SSSR count). The third-order valence-electron chi connectivity index (χ3n) is 1.44. The number of hydrogen-bond acceptors (Lipinski definition) is 3. The van der Waals surface area contributed by atoms with Crippen LogP contribution in [0.15, 0.2) is 12.7 Å². The van der Waals surface area contributed by atoms with Crippen molar-refractivity contribution in [3.63, 3.8) is 0 Å². The molecule has 0 saturated carbocycles. The summed E-state index contributed by atoms with van der Waals surface area (Å²) in [6, 6.07) is 0. The van der Waals surface area contributed by atoms with Crippen molar-refractivity contribution in [1.29, 1.82) is 0 Å². The van der Waals surface area contributed by atoms with Crippen LogP contribution in [-0.2, 0) is 9.53 Å². The van der Waals surface area contributed by atoms with Crippen molar-refractivity contribution < 1.29 is 14.6 Å². The molecule has 2 atom stereocenters. The first-order valence-corrected chi connectivity index (χ1v) is 3.55. The summed E-state index contributed by atoms with van der Waals surface area (Å²) in [6.45, 7) is 6.78. The van der Waals surface area contributed by atoms with Crippen LogP contribution in [0.4, 0.5) is 0 Å². The molecule has 0 aromatic heterocycles. The Kier molecular flexibility index (Phi) is 4.54. The number of ether oxygens (including phenoxy) is 1. The number of aliphatic hydroxyl groups excluding tert-OH is 1. The van der Waals surface area contributed by atoms with Crippen molar-refractivity contribution in [2.75, 3.05) is 6.61 Å². The van der Waals surface area contributed by atoms with E-state index in [1.807, 2.05) is 0 Å². The third-order valence-corrected chi connectivity index (χ3v) is 1.44. The molecule has 1 N–H and O–H groups in total. The molecule has 3 heteroatoms. The summed E-state index contributed by atoms with van der Waals surface area (Å²) in [5.41, 5.74) is 0. The average molecular weight is 158 g/mol. The molecule has 3 nitrogen and oxygen atoms in total. The maximum atomic E-state index is 10.9. The highest BCUT2D eigenvalue weighted by Gasteiger charge is 2.18. The van der Waals surface area contributed by atoms with Crippen molar-refractivity contribution in [1.82, 2.24) is 0 Å². The van der Waals surface area contributed by atoms with E-state index in [0.29, 0.717) is 0 Å². The van der Waals surface area contributed by atoms with E-state index >= 15 is 0 Å². The molecule has 11 heavy (non-hydrogen) atoms. The third kappa shape index (κ3) is 3.78. The zero-order valence-electron chi connectivity index (χ0n) is 6.91. The summed E-state index contributed by atoms with van der Waals surface area (Å²) in [4.78, 5) is 10.9. The van der Waals surface area contributed by atoms with Crippen LogP contribution >= 0.6 is 0 Å². The van der Waals surface area contributed by atoms with E-state index in [1.165, 1.54) is 6.08 Å². The number of esters is 1. The van der Waals surface area contributed by atoms with Crippen molar-refractivity contribution in [3.8, 4) is 0 Å². The number of rotatable bonds is 4. The standard InChI is InChI=1S/C8H14O3/c1-4-5-11-8(10)6(2)7(3)9/h4,6-7,9H,1,5H2,2-3H3/t6-,7-/m1/s1. The van der Waals surface area contributed by atoms with Gasteiger partial charge < -0.3 is 9.84 Å². The molecule has 0 amide bonds. The van der Waals surface area contributed by atoms with Crippen molar-refractivity contribution in [2.45, 2.75) is 20.0 Å². The molecule has 0 spiro atoms. The smallest absolute Gasteiger partial charge is 0.311 e. The van der Waals surface area contributed by atoms with Gasteiger partial charge in [0.05, 0.1) is 12.0 Å². The first kappa shape index (κ1) is 10.2. The zero-order valence-corrected chi connectivity index (χ0v) is 6.91. The summed E-state index contributed by atoms with van der Waals surface area (Å²) in [7, 11) is 0. The number of carbonyl (C=O) groups is 1. The van der Waals surface area contributed by atoms with E-state index in [-0.39, 0.29) is 12.6 Å². The molecule has 0 fully saturated rings. The second kappa shape index (κ2) is 4.91. The van der Waals surface area contributed by atoms with Crippen molar-refractivity contribution >= 4 is 5.97 Å². The first-order chi connectivity index (χ1) is 5.09. The Morgan fingerprint density at radius 3 is 2.64 bits per heavy atom. The van der Waals surface area contributed by atoms with Gasteiger partial charge in [0.25, 0.3) is 0 Å². The summed E-state index contributed by atoms with van der Waals surface area (Å²) >= 11 is 0. The molecule has 0 aromatic carbocycles. The fourth-order valence-electron chi connectivity index (χ4n) is 0.469. The monoisotopic (exact) mass is 158 g/mol. The van der Waals surface area contributed by atoms with Crippen LogP contribution in [0, 0.1) is 5.92 Å². The highest BCUT2D eigenvalue weighted by atomic mass is 16.5. The minimum Gasteiger partial charge on any atom is -0.461 e. The SMILES string of the molecule is C=CCOC(=O)[C@H](C)[C@@H](C)O. The molecule has 0 saturated heterocycles. The van der Waals surface area contributed by atoms with E-state index in [2.05, 4.69) is 6.58 Å². The molecule has 0 radical (unpaired) electrons. The largest absolute Gasteiger partial charge is 0.461 e. The lowest BCUT2D eigenvalue weighted by molar-refractivity contribution is -0.149. The predicted octanol–water partition coefficient (Wildman–Crippen LogP) is 0.732. The van der Waals surface area contributed by atoms with Crippen molar-refractivity contribution in [3.05, 3.63) is 12.7 Å². The molecule has 0 heterocycles. The van der Waals surface area contributed by atoms with E-state index in [0.717, 1.165) is 0 Å². The summed E-state index contributed by atoms with van der Waals surface area (Å²) in [5, 5.41) is 8.96. The van der Waals surface area contributed by atoms with Crippen LogP contribution < -0.4 is 0 Å². The Balaban J connectivity index is 3.73. The van der Waals surface area contributed by atoms with Crippen LogP contribution in [0.2, 0.25) is 0 Å². The zero-order chi connectivity index (χ0) is 8.85. The van der Waals surface area contributed by atoms with Gasteiger partial charge in [-0.3, -0.25) is 4.79 Å². The Morgan fingerprint density at radius 1 is 1.73 bits per heavy atom. The Hall–Kier alpha value is -0.830. The lowest BCUT2D eigenvalue weighted by atomic mass is 10.1. The Morgan fingerprint density at radius 2 is 2.27 bits per heavy atom. The van der Waals surface area contributed by atoms with Crippen LogP contribution in [0.25, 0.3) is 0 Å². The quantitative estimate of drug-likeness (QED) is 0.484. The predicted molar refractivity (Wildman–Crippen MR) is 42.0 cm³/mol. The molecule has 0 aromatic rings. The molecular formula is C8H14O3. The Bertz CT molecular complexity index is 140. The summed E-state index contributed by atoms with van der Waals surface area (Å²) < 4.78 is 4.70. The molecule has 0 aliphatic heterocycles. The summed E-state index contributed by atoms with van der Waals surface area (Å²) in [6.07, 6.45) is 0.833. The highest BCUT2D eigenvalue weighted by molar-refractivity contribution is 5.72. The number of hydrogen-bond donors (Lipinski definition) is 1. The van der Waals surface area contributed by atoms with E-state index in [1.54, 1.807) is 13.8 Å². The van der Waals surface area contributed by atoms with Gasteiger partial charge in [-0.1, -0.05) is 12.7 Å². The fourth-order valence-corrected chi connectivity index (χ4v) is 0.469. The minimum absolute atomic E-state index is 0.204. The summed E-state index contributed by atoms with van der Waals surface area (Å²) in [5.74, 6) is -0.852. The van der Waals surface area contributed by atoms with Crippen LogP contribution in [0.1, 0.15) is 13.8 Å². The van der Waals surface area contributed by atoms with Gasteiger partial charge in [0.15, 0.2) is 0 Å². The van der Waals surface area contributed by atoms with Gasteiger partial charge >= 0.3 is 5.97 Å². The first-order valence-electron chi connectivity index (χ1n) is 3.55. The molecule has 0 aliphatic carbocycles. The van der Waals surface area contributed by atoms with Crippen molar-refractivity contribution in [2.24, 2.45) is 5.92 Å². The topological polar surface area (TPSA) is 46.5 Å². The maximum Gasteiger partial charge on any atom is 0.311 e. The highest BCUT2D eigenvalue weighted by Crippen LogP contribution is 2.03. The van der Waals surface area contributed by atoms with E-state index < -0.39 is 12.0 Å². The number of aliphatic hydroxyl groups is 1. The lowest BCUT2D eigenvalue weighted by Gasteiger charge is -2.12. The van der Waals surface area contributed by atoms with Gasteiger partial charge in [-0.2, -0.15) is 0 Å². The molecule has 0 unspecified atom stereocenters. The van der Waals surface area contributed by atoms with Gasteiger partial charge in [0, 0.05) is 0 Å². The van der Waals surface area contributed by atoms with Gasteiger partial charge in [0.1, 0.15) is 6.61 Å². The Labute approximate surface area is 66.7 Å². The van der Waals surface area contributed by atoms with Gasteiger partial charge in [-0.15, -0.1) is 0 Å². The normalized spacial score (nSPS) is 15.2. The number of carbonyl (C=O) groups excluding carboxylic acids is 1. The van der Waals surface area contributed by atoms with E-state index in [4.69, 9.17) is 9.84 Å². The van der Waals surface area contributed by atoms with Gasteiger partial charge in [-0.05, 0) is 13.8 Å². The molecule has 64 valence electrons. The van der Waals surface area contributed by atoms with E-state index in [9.17, 15) is 4.79 Å². The molecular weight excluding hydrogens is 144 g/mol. The average Bonchev–Trinajstić information content (AvgIpc) is 1.98. The maximum absolute atomic E-state index is 10.9. The van der Waals surface area contributed by atoms with Crippen LogP contribution in [0.3, 0.4) is 0 Å². The van der Waals surface area contributed by atoms with Crippen LogP contribution in [0.5, 0.6) is 0 Å². The van der Waals surface area contributed by atoms with Gasteiger partial charge in [-0.25, -0.2) is 0 Å². The van der Waals surface area contributed by atoms with Crippen LogP contribution in [-0.4, -0.2) is 23.8 Å². The second-order valence-corrected chi connectivity index (χ2v) is 2.45. The minimum atomic E-state index is -0.660. The fraction of sp³-hybridized carbons (Fsp3) is 0.625.